The third kappa shape index (κ3) is 4.30. The Hall–Kier alpha value is -2.82. The lowest BCUT2D eigenvalue weighted by Gasteiger charge is -2.35. The zero-order valence-corrected chi connectivity index (χ0v) is 16.2. The fourth-order valence-corrected chi connectivity index (χ4v) is 3.51. The van der Waals surface area contributed by atoms with Gasteiger partial charge in [0.1, 0.15) is 5.75 Å². The lowest BCUT2D eigenvalue weighted by atomic mass is 10.0. The summed E-state index contributed by atoms with van der Waals surface area (Å²) in [5, 5.41) is 0. The summed E-state index contributed by atoms with van der Waals surface area (Å²) in [6.07, 6.45) is 0.315. The van der Waals surface area contributed by atoms with Crippen molar-refractivity contribution in [1.29, 1.82) is 0 Å². The molecule has 0 unspecified atom stereocenters. The van der Waals surface area contributed by atoms with Crippen molar-refractivity contribution in [3.05, 3.63) is 64.7 Å². The number of para-hydroxylation sites is 1. The standard InChI is InChI=1S/C22H26N2O3/c1-16-8-9-19(17(2)14-16)22(26)24-12-10-23(11-13-24)21(25)15-18-6-4-5-7-20(18)27-3/h4-9,14H,10-13,15H2,1-3H3. The van der Waals surface area contributed by atoms with E-state index in [-0.39, 0.29) is 11.8 Å². The molecule has 27 heavy (non-hydrogen) atoms. The first-order valence-corrected chi connectivity index (χ1v) is 9.26. The lowest BCUT2D eigenvalue weighted by Crippen LogP contribution is -2.51. The highest BCUT2D eigenvalue weighted by molar-refractivity contribution is 5.96. The molecule has 0 bridgehead atoms. The summed E-state index contributed by atoms with van der Waals surface area (Å²) < 4.78 is 5.33. The topological polar surface area (TPSA) is 49.9 Å². The number of carbonyl (C=O) groups is 2. The Morgan fingerprint density at radius 3 is 2.30 bits per heavy atom. The van der Waals surface area contributed by atoms with Gasteiger partial charge in [-0.05, 0) is 31.5 Å². The maximum atomic E-state index is 12.8. The minimum Gasteiger partial charge on any atom is -0.496 e. The van der Waals surface area contributed by atoms with Gasteiger partial charge in [0, 0.05) is 37.3 Å². The largest absolute Gasteiger partial charge is 0.496 e. The van der Waals surface area contributed by atoms with Crippen LogP contribution in [0.5, 0.6) is 5.75 Å². The fourth-order valence-electron chi connectivity index (χ4n) is 3.51. The van der Waals surface area contributed by atoms with Crippen molar-refractivity contribution in [2.45, 2.75) is 20.3 Å². The summed E-state index contributed by atoms with van der Waals surface area (Å²) in [5.41, 5.74) is 3.78. The van der Waals surface area contributed by atoms with E-state index in [4.69, 9.17) is 4.74 Å². The number of methoxy groups -OCH3 is 1. The van der Waals surface area contributed by atoms with Crippen LogP contribution in [0.15, 0.2) is 42.5 Å². The monoisotopic (exact) mass is 366 g/mol. The third-order valence-corrected chi connectivity index (χ3v) is 5.07. The second-order valence-electron chi connectivity index (χ2n) is 6.98. The molecule has 5 nitrogen and oxygen atoms in total. The van der Waals surface area contributed by atoms with E-state index in [1.165, 1.54) is 0 Å². The molecular formula is C22H26N2O3. The number of piperazine rings is 1. The van der Waals surface area contributed by atoms with Crippen molar-refractivity contribution in [1.82, 2.24) is 9.80 Å². The van der Waals surface area contributed by atoms with Crippen LogP contribution in [0.3, 0.4) is 0 Å². The molecule has 0 aromatic heterocycles. The SMILES string of the molecule is COc1ccccc1CC(=O)N1CCN(C(=O)c2ccc(C)cc2C)CC1. The molecule has 1 heterocycles. The van der Waals surface area contributed by atoms with Crippen molar-refractivity contribution in [2.75, 3.05) is 33.3 Å². The molecule has 2 amide bonds. The van der Waals surface area contributed by atoms with Gasteiger partial charge in [-0.25, -0.2) is 0 Å². The number of hydrogen-bond acceptors (Lipinski definition) is 3. The number of rotatable bonds is 4. The Labute approximate surface area is 160 Å². The molecule has 3 rings (SSSR count). The van der Waals surface area contributed by atoms with Crippen LogP contribution in [0.4, 0.5) is 0 Å². The third-order valence-electron chi connectivity index (χ3n) is 5.07. The summed E-state index contributed by atoms with van der Waals surface area (Å²) in [6.45, 7) is 6.23. The molecule has 0 saturated carbocycles. The van der Waals surface area contributed by atoms with Crippen LogP contribution in [0.1, 0.15) is 27.0 Å². The van der Waals surface area contributed by atoms with Gasteiger partial charge in [0.25, 0.3) is 5.91 Å². The molecule has 142 valence electrons. The highest BCUT2D eigenvalue weighted by Crippen LogP contribution is 2.19. The quantitative estimate of drug-likeness (QED) is 0.836. The van der Waals surface area contributed by atoms with Gasteiger partial charge in [0.05, 0.1) is 13.5 Å². The van der Waals surface area contributed by atoms with E-state index in [1.807, 2.05) is 66.1 Å². The normalized spacial score (nSPS) is 14.2. The second-order valence-corrected chi connectivity index (χ2v) is 6.98. The van der Waals surface area contributed by atoms with Gasteiger partial charge in [0.15, 0.2) is 0 Å². The predicted octanol–water partition coefficient (Wildman–Crippen LogP) is 2.84. The van der Waals surface area contributed by atoms with Crippen LogP contribution in [-0.4, -0.2) is 54.9 Å². The molecule has 0 spiro atoms. The Bertz CT molecular complexity index is 839. The van der Waals surface area contributed by atoms with Gasteiger partial charge in [-0.3, -0.25) is 9.59 Å². The van der Waals surface area contributed by atoms with Crippen LogP contribution in [0.25, 0.3) is 0 Å². The second kappa shape index (κ2) is 8.25. The molecule has 0 aliphatic carbocycles. The molecule has 1 aliphatic rings. The van der Waals surface area contributed by atoms with Crippen molar-refractivity contribution in [2.24, 2.45) is 0 Å². The summed E-state index contributed by atoms with van der Waals surface area (Å²) in [7, 11) is 1.61. The average Bonchev–Trinajstić information content (AvgIpc) is 2.68. The maximum Gasteiger partial charge on any atom is 0.254 e. The van der Waals surface area contributed by atoms with Crippen LogP contribution in [0.2, 0.25) is 0 Å². The van der Waals surface area contributed by atoms with E-state index >= 15 is 0 Å². The van der Waals surface area contributed by atoms with Crippen LogP contribution in [-0.2, 0) is 11.2 Å². The minimum absolute atomic E-state index is 0.0457. The van der Waals surface area contributed by atoms with Gasteiger partial charge in [-0.1, -0.05) is 35.9 Å². The van der Waals surface area contributed by atoms with E-state index in [0.717, 1.165) is 28.0 Å². The number of carbonyl (C=O) groups excluding carboxylic acids is 2. The molecule has 1 saturated heterocycles. The average molecular weight is 366 g/mol. The zero-order valence-electron chi connectivity index (χ0n) is 16.2. The number of nitrogens with zero attached hydrogens (tertiary/aromatic N) is 2. The van der Waals surface area contributed by atoms with E-state index in [2.05, 4.69) is 0 Å². The molecule has 1 fully saturated rings. The zero-order chi connectivity index (χ0) is 19.4. The first-order chi connectivity index (χ1) is 13.0. The van der Waals surface area contributed by atoms with E-state index < -0.39 is 0 Å². The number of hydrogen-bond donors (Lipinski definition) is 0. The minimum atomic E-state index is 0.0457. The summed E-state index contributed by atoms with van der Waals surface area (Å²) in [5.74, 6) is 0.844. The molecule has 0 N–H and O–H groups in total. The smallest absolute Gasteiger partial charge is 0.254 e. The number of benzene rings is 2. The lowest BCUT2D eigenvalue weighted by molar-refractivity contribution is -0.131. The molecule has 2 aromatic carbocycles. The van der Waals surface area contributed by atoms with Crippen LogP contribution >= 0.6 is 0 Å². The molecule has 0 radical (unpaired) electrons. The van der Waals surface area contributed by atoms with Crippen LogP contribution < -0.4 is 4.74 Å². The fraction of sp³-hybridized carbons (Fsp3) is 0.364. The van der Waals surface area contributed by atoms with E-state index in [0.29, 0.717) is 32.6 Å². The summed E-state index contributed by atoms with van der Waals surface area (Å²) in [4.78, 5) is 29.1. The Kier molecular flexibility index (Phi) is 5.79. The van der Waals surface area contributed by atoms with E-state index in [1.54, 1.807) is 7.11 Å². The van der Waals surface area contributed by atoms with E-state index in [9.17, 15) is 9.59 Å². The molecule has 1 aliphatic heterocycles. The van der Waals surface area contributed by atoms with Gasteiger partial charge < -0.3 is 14.5 Å². The first-order valence-electron chi connectivity index (χ1n) is 9.26. The van der Waals surface area contributed by atoms with Crippen molar-refractivity contribution in [3.8, 4) is 5.75 Å². The number of ether oxygens (including phenoxy) is 1. The number of aryl methyl sites for hydroxylation is 2. The summed E-state index contributed by atoms with van der Waals surface area (Å²) in [6, 6.07) is 13.5. The van der Waals surface area contributed by atoms with Crippen LogP contribution in [0, 0.1) is 13.8 Å². The Morgan fingerprint density at radius 2 is 1.63 bits per heavy atom. The highest BCUT2D eigenvalue weighted by Gasteiger charge is 2.26. The molecular weight excluding hydrogens is 340 g/mol. The van der Waals surface area contributed by atoms with Crippen molar-refractivity contribution in [3.63, 3.8) is 0 Å². The molecule has 0 atom stereocenters. The predicted molar refractivity (Wildman–Crippen MR) is 105 cm³/mol. The maximum absolute atomic E-state index is 12.8. The van der Waals surface area contributed by atoms with Gasteiger partial charge in [-0.15, -0.1) is 0 Å². The van der Waals surface area contributed by atoms with Crippen molar-refractivity contribution >= 4 is 11.8 Å². The summed E-state index contributed by atoms with van der Waals surface area (Å²) >= 11 is 0. The van der Waals surface area contributed by atoms with Gasteiger partial charge in [-0.2, -0.15) is 0 Å². The van der Waals surface area contributed by atoms with Gasteiger partial charge >= 0.3 is 0 Å². The Balaban J connectivity index is 1.59. The van der Waals surface area contributed by atoms with Crippen molar-refractivity contribution < 1.29 is 14.3 Å². The Morgan fingerprint density at radius 1 is 0.963 bits per heavy atom. The first kappa shape index (κ1) is 19.0. The highest BCUT2D eigenvalue weighted by atomic mass is 16.5. The molecule has 5 heteroatoms. The number of amides is 2. The molecule has 2 aromatic rings. The van der Waals surface area contributed by atoms with Gasteiger partial charge in [0.2, 0.25) is 5.91 Å².